The van der Waals surface area contributed by atoms with Gasteiger partial charge in [0.25, 0.3) is 11.6 Å². The summed E-state index contributed by atoms with van der Waals surface area (Å²) in [5, 5.41) is 13.8. The third-order valence-electron chi connectivity index (χ3n) is 4.58. The zero-order chi connectivity index (χ0) is 18.7. The summed E-state index contributed by atoms with van der Waals surface area (Å²) < 4.78 is 0. The number of carbonyl (C=O) groups excluding carboxylic acids is 1. The third-order valence-corrected chi connectivity index (χ3v) is 4.58. The minimum atomic E-state index is -0.488. The molecular weight excluding hydrogens is 334 g/mol. The van der Waals surface area contributed by atoms with Crippen LogP contribution in [0.5, 0.6) is 0 Å². The minimum absolute atomic E-state index is 0.0683. The maximum atomic E-state index is 12.5. The maximum Gasteiger partial charge on any atom is 0.273 e. The molecule has 1 aliphatic rings. The number of rotatable bonds is 4. The normalized spacial score (nSPS) is 14.9. The second-order valence-electron chi connectivity index (χ2n) is 6.36. The van der Waals surface area contributed by atoms with Crippen molar-refractivity contribution in [3.8, 4) is 0 Å². The van der Waals surface area contributed by atoms with E-state index in [1.165, 1.54) is 12.1 Å². The van der Waals surface area contributed by atoms with Gasteiger partial charge in [-0.05, 0) is 32.2 Å². The van der Waals surface area contributed by atoms with Crippen LogP contribution in [0, 0.1) is 17.0 Å². The van der Waals surface area contributed by atoms with Crippen molar-refractivity contribution in [1.29, 1.82) is 0 Å². The van der Waals surface area contributed by atoms with Gasteiger partial charge in [0, 0.05) is 43.4 Å². The van der Waals surface area contributed by atoms with Gasteiger partial charge in [-0.1, -0.05) is 6.07 Å². The van der Waals surface area contributed by atoms with Gasteiger partial charge in [-0.15, -0.1) is 0 Å². The van der Waals surface area contributed by atoms with Crippen LogP contribution in [0.3, 0.4) is 0 Å². The lowest BCUT2D eigenvalue weighted by molar-refractivity contribution is -0.385. The lowest BCUT2D eigenvalue weighted by Crippen LogP contribution is -2.44. The Bertz CT molecular complexity index is 814. The maximum absolute atomic E-state index is 12.5. The Morgan fingerprint density at radius 2 is 1.92 bits per heavy atom. The topological polar surface area (TPSA) is 91.6 Å². The monoisotopic (exact) mass is 355 g/mol. The molecule has 26 heavy (non-hydrogen) atoms. The molecule has 0 bridgehead atoms. The Morgan fingerprint density at radius 3 is 2.54 bits per heavy atom. The van der Waals surface area contributed by atoms with Gasteiger partial charge in [-0.25, -0.2) is 4.98 Å². The van der Waals surface area contributed by atoms with Gasteiger partial charge in [0.15, 0.2) is 0 Å². The second kappa shape index (κ2) is 7.49. The summed E-state index contributed by atoms with van der Waals surface area (Å²) in [6, 6.07) is 8.14. The SMILES string of the molecule is Cc1c(C(=O)Nc2ccc(N3CCN(C)CC3)nc2)cccc1[N+](=O)[O-]. The fourth-order valence-corrected chi connectivity index (χ4v) is 2.95. The van der Waals surface area contributed by atoms with Crippen LogP contribution >= 0.6 is 0 Å². The number of amides is 1. The molecule has 1 aromatic heterocycles. The molecule has 1 saturated heterocycles. The molecule has 0 aliphatic carbocycles. The molecule has 2 heterocycles. The highest BCUT2D eigenvalue weighted by Gasteiger charge is 2.19. The molecule has 1 aromatic carbocycles. The molecule has 0 atom stereocenters. The molecule has 0 radical (unpaired) electrons. The summed E-state index contributed by atoms with van der Waals surface area (Å²) in [6.45, 7) is 5.39. The van der Waals surface area contributed by atoms with Gasteiger partial charge >= 0.3 is 0 Å². The standard InChI is InChI=1S/C18H21N5O3/c1-13-15(4-3-5-16(13)23(25)26)18(24)20-14-6-7-17(19-12-14)22-10-8-21(2)9-11-22/h3-7,12H,8-11H2,1-2H3,(H,20,24). The number of nitro groups is 1. The number of anilines is 2. The van der Waals surface area contributed by atoms with Crippen molar-refractivity contribution < 1.29 is 9.72 Å². The summed E-state index contributed by atoms with van der Waals surface area (Å²) in [5.41, 5.74) is 1.11. The molecule has 8 heteroatoms. The van der Waals surface area contributed by atoms with E-state index in [-0.39, 0.29) is 17.2 Å². The van der Waals surface area contributed by atoms with E-state index in [0.717, 1.165) is 32.0 Å². The van der Waals surface area contributed by atoms with E-state index in [2.05, 4.69) is 27.1 Å². The predicted molar refractivity (Wildman–Crippen MR) is 99.7 cm³/mol. The van der Waals surface area contributed by atoms with Crippen molar-refractivity contribution in [2.24, 2.45) is 0 Å². The second-order valence-corrected chi connectivity index (χ2v) is 6.36. The summed E-state index contributed by atoms with van der Waals surface area (Å²) in [6.07, 6.45) is 1.61. The number of likely N-dealkylation sites (N-methyl/N-ethyl adjacent to an activating group) is 1. The highest BCUT2D eigenvalue weighted by atomic mass is 16.6. The molecule has 136 valence electrons. The first kappa shape index (κ1) is 17.8. The number of nitro benzene ring substituents is 1. The number of aromatic nitrogens is 1. The highest BCUT2D eigenvalue weighted by Crippen LogP contribution is 2.22. The molecule has 8 nitrogen and oxygen atoms in total. The van der Waals surface area contributed by atoms with Gasteiger partial charge in [0.05, 0.1) is 16.8 Å². The number of piperazine rings is 1. The van der Waals surface area contributed by atoms with E-state index in [0.29, 0.717) is 11.3 Å². The molecule has 1 fully saturated rings. The predicted octanol–water partition coefficient (Wildman–Crippen LogP) is 2.30. The Balaban J connectivity index is 1.70. The third kappa shape index (κ3) is 3.80. The molecule has 0 spiro atoms. The van der Waals surface area contributed by atoms with E-state index in [4.69, 9.17) is 0 Å². The molecule has 0 unspecified atom stereocenters. The molecule has 2 aromatic rings. The minimum Gasteiger partial charge on any atom is -0.354 e. The number of hydrogen-bond acceptors (Lipinski definition) is 6. The lowest BCUT2D eigenvalue weighted by atomic mass is 10.1. The van der Waals surface area contributed by atoms with E-state index >= 15 is 0 Å². The smallest absolute Gasteiger partial charge is 0.273 e. The average molecular weight is 355 g/mol. The van der Waals surface area contributed by atoms with Crippen molar-refractivity contribution in [3.05, 3.63) is 57.8 Å². The number of nitrogens with zero attached hydrogens (tertiary/aromatic N) is 4. The van der Waals surface area contributed by atoms with E-state index < -0.39 is 4.92 Å². The van der Waals surface area contributed by atoms with Crippen molar-refractivity contribution in [2.45, 2.75) is 6.92 Å². The van der Waals surface area contributed by atoms with E-state index in [9.17, 15) is 14.9 Å². The van der Waals surface area contributed by atoms with Crippen LogP contribution < -0.4 is 10.2 Å². The number of hydrogen-bond donors (Lipinski definition) is 1. The quantitative estimate of drug-likeness (QED) is 0.668. The molecular formula is C18H21N5O3. The summed E-state index contributed by atoms with van der Waals surface area (Å²) in [4.78, 5) is 31.9. The largest absolute Gasteiger partial charge is 0.354 e. The molecule has 1 N–H and O–H groups in total. The lowest BCUT2D eigenvalue weighted by Gasteiger charge is -2.33. The molecule has 1 amide bonds. The van der Waals surface area contributed by atoms with Crippen LogP contribution in [0.25, 0.3) is 0 Å². The van der Waals surface area contributed by atoms with Gasteiger partial charge in [-0.2, -0.15) is 0 Å². The van der Waals surface area contributed by atoms with Gasteiger partial charge < -0.3 is 15.1 Å². The Labute approximate surface area is 151 Å². The summed E-state index contributed by atoms with van der Waals surface area (Å²) in [7, 11) is 2.10. The van der Waals surface area contributed by atoms with Crippen LogP contribution in [0.1, 0.15) is 15.9 Å². The van der Waals surface area contributed by atoms with Crippen LogP contribution in [0.4, 0.5) is 17.2 Å². The zero-order valence-corrected chi connectivity index (χ0v) is 14.8. The molecule has 1 aliphatic heterocycles. The van der Waals surface area contributed by atoms with Crippen LogP contribution in [0.15, 0.2) is 36.5 Å². The van der Waals surface area contributed by atoms with Crippen LogP contribution in [0.2, 0.25) is 0 Å². The van der Waals surface area contributed by atoms with Gasteiger partial charge in [-0.3, -0.25) is 14.9 Å². The van der Waals surface area contributed by atoms with Crippen molar-refractivity contribution in [3.63, 3.8) is 0 Å². The molecule has 0 saturated carbocycles. The zero-order valence-electron chi connectivity index (χ0n) is 14.8. The Hall–Kier alpha value is -3.00. The Kier molecular flexibility index (Phi) is 5.13. The first-order chi connectivity index (χ1) is 12.5. The number of nitrogens with one attached hydrogen (secondary N) is 1. The number of benzene rings is 1. The molecule has 3 rings (SSSR count). The first-order valence-corrected chi connectivity index (χ1v) is 8.40. The van der Waals surface area contributed by atoms with Gasteiger partial charge in [0.2, 0.25) is 0 Å². The van der Waals surface area contributed by atoms with Gasteiger partial charge in [0.1, 0.15) is 5.82 Å². The fourth-order valence-electron chi connectivity index (χ4n) is 2.95. The van der Waals surface area contributed by atoms with Crippen molar-refractivity contribution in [2.75, 3.05) is 43.4 Å². The first-order valence-electron chi connectivity index (χ1n) is 8.40. The van der Waals surface area contributed by atoms with Crippen LogP contribution in [-0.2, 0) is 0 Å². The Morgan fingerprint density at radius 1 is 1.19 bits per heavy atom. The number of carbonyl (C=O) groups is 1. The summed E-state index contributed by atoms with van der Waals surface area (Å²) in [5.74, 6) is 0.489. The number of pyridine rings is 1. The van der Waals surface area contributed by atoms with E-state index in [1.54, 1.807) is 25.3 Å². The van der Waals surface area contributed by atoms with Crippen LogP contribution in [-0.4, -0.2) is 53.9 Å². The van der Waals surface area contributed by atoms with Crippen molar-refractivity contribution in [1.82, 2.24) is 9.88 Å². The average Bonchev–Trinajstić information content (AvgIpc) is 2.63. The highest BCUT2D eigenvalue weighted by molar-refractivity contribution is 6.05. The fraction of sp³-hybridized carbons (Fsp3) is 0.333. The van der Waals surface area contributed by atoms with Crippen molar-refractivity contribution >= 4 is 23.1 Å². The van der Waals surface area contributed by atoms with E-state index in [1.807, 2.05) is 6.07 Å². The summed E-state index contributed by atoms with van der Waals surface area (Å²) >= 11 is 0.